The third-order valence-corrected chi connectivity index (χ3v) is 5.24. The number of benzene rings is 2. The van der Waals surface area contributed by atoms with Gasteiger partial charge in [0.1, 0.15) is 5.82 Å². The fourth-order valence-electron chi connectivity index (χ4n) is 3.88. The molecule has 1 atom stereocenters. The predicted molar refractivity (Wildman–Crippen MR) is 102 cm³/mol. The summed E-state index contributed by atoms with van der Waals surface area (Å²) >= 11 is 0. The van der Waals surface area contributed by atoms with Crippen LogP contribution in [0.5, 0.6) is 0 Å². The van der Waals surface area contributed by atoms with Crippen molar-refractivity contribution in [1.29, 1.82) is 0 Å². The van der Waals surface area contributed by atoms with Crippen LogP contribution in [0.25, 0.3) is 11.1 Å². The van der Waals surface area contributed by atoms with Crippen LogP contribution in [-0.2, 0) is 6.54 Å². The molecular formula is C22H24FN3. The molecule has 1 saturated heterocycles. The Hall–Kier alpha value is -2.46. The Morgan fingerprint density at radius 3 is 2.85 bits per heavy atom. The number of aryl methyl sites for hydroxylation is 1. The molecule has 4 heteroatoms. The van der Waals surface area contributed by atoms with E-state index in [-0.39, 0.29) is 5.82 Å². The summed E-state index contributed by atoms with van der Waals surface area (Å²) in [6.07, 6.45) is 4.12. The summed E-state index contributed by atoms with van der Waals surface area (Å²) in [5.74, 6) is 0.189. The summed E-state index contributed by atoms with van der Waals surface area (Å²) in [5.41, 5.74) is 5.69. The van der Waals surface area contributed by atoms with Crippen LogP contribution in [0.2, 0.25) is 0 Å². The Balaban J connectivity index is 1.52. The maximum absolute atomic E-state index is 13.6. The highest BCUT2D eigenvalue weighted by Gasteiger charge is 2.25. The van der Waals surface area contributed by atoms with Gasteiger partial charge in [-0.15, -0.1) is 0 Å². The lowest BCUT2D eigenvalue weighted by molar-refractivity contribution is 0.198. The van der Waals surface area contributed by atoms with E-state index >= 15 is 0 Å². The van der Waals surface area contributed by atoms with Gasteiger partial charge in [-0.05, 0) is 49.6 Å². The van der Waals surface area contributed by atoms with E-state index in [1.807, 2.05) is 12.3 Å². The maximum Gasteiger partial charge on any atom is 0.123 e. The van der Waals surface area contributed by atoms with Gasteiger partial charge in [-0.2, -0.15) is 5.10 Å². The molecule has 0 amide bonds. The molecule has 2 heterocycles. The molecule has 1 aromatic heterocycles. The van der Waals surface area contributed by atoms with Crippen LogP contribution < -0.4 is 0 Å². The highest BCUT2D eigenvalue weighted by molar-refractivity contribution is 5.65. The standard InChI is InChI=1S/C22H24FN3/c1-16-7-9-17(10-8-16)14-26-11-3-5-19(15-26)22-21(13-24-25-22)18-4-2-6-20(23)12-18/h2,4,6-10,12-13,19H,3,5,11,14-15H2,1H3,(H,24,25)/t19-/m1/s1. The second-order valence-electron chi connectivity index (χ2n) is 7.27. The molecule has 2 aromatic carbocycles. The third kappa shape index (κ3) is 3.70. The summed E-state index contributed by atoms with van der Waals surface area (Å²) < 4.78 is 13.6. The number of likely N-dealkylation sites (tertiary alicyclic amines) is 1. The van der Waals surface area contributed by atoms with Crippen molar-refractivity contribution >= 4 is 0 Å². The van der Waals surface area contributed by atoms with Gasteiger partial charge in [-0.1, -0.05) is 42.0 Å². The van der Waals surface area contributed by atoms with Crippen molar-refractivity contribution in [3.63, 3.8) is 0 Å². The first-order valence-electron chi connectivity index (χ1n) is 9.26. The number of H-pyrrole nitrogens is 1. The van der Waals surface area contributed by atoms with Gasteiger partial charge >= 0.3 is 0 Å². The number of halogens is 1. The Labute approximate surface area is 153 Å². The first kappa shape index (κ1) is 17.0. The zero-order valence-corrected chi connectivity index (χ0v) is 15.1. The molecule has 0 unspecified atom stereocenters. The molecule has 26 heavy (non-hydrogen) atoms. The van der Waals surface area contributed by atoms with Gasteiger partial charge in [0, 0.05) is 30.3 Å². The normalized spacial score (nSPS) is 18.2. The monoisotopic (exact) mass is 349 g/mol. The maximum atomic E-state index is 13.6. The Kier molecular flexibility index (Phi) is 4.85. The predicted octanol–water partition coefficient (Wildman–Crippen LogP) is 4.90. The van der Waals surface area contributed by atoms with Crippen LogP contribution in [0, 0.1) is 12.7 Å². The lowest BCUT2D eigenvalue weighted by atomic mass is 9.90. The molecule has 1 aliphatic heterocycles. The highest BCUT2D eigenvalue weighted by atomic mass is 19.1. The van der Waals surface area contributed by atoms with E-state index in [9.17, 15) is 4.39 Å². The average Bonchev–Trinajstić information content (AvgIpc) is 3.14. The van der Waals surface area contributed by atoms with Crippen LogP contribution >= 0.6 is 0 Å². The summed E-state index contributed by atoms with van der Waals surface area (Å²) in [5, 5.41) is 7.44. The third-order valence-electron chi connectivity index (χ3n) is 5.24. The van der Waals surface area contributed by atoms with Crippen molar-refractivity contribution in [2.24, 2.45) is 0 Å². The zero-order valence-electron chi connectivity index (χ0n) is 15.1. The molecule has 0 saturated carbocycles. The van der Waals surface area contributed by atoms with E-state index in [0.29, 0.717) is 5.92 Å². The molecule has 1 aliphatic rings. The minimum absolute atomic E-state index is 0.209. The van der Waals surface area contributed by atoms with E-state index < -0.39 is 0 Å². The van der Waals surface area contributed by atoms with Crippen molar-refractivity contribution in [2.75, 3.05) is 13.1 Å². The fraction of sp³-hybridized carbons (Fsp3) is 0.318. The first-order chi connectivity index (χ1) is 12.7. The Morgan fingerprint density at radius 2 is 2.04 bits per heavy atom. The van der Waals surface area contributed by atoms with E-state index in [4.69, 9.17) is 0 Å². The summed E-state index contributed by atoms with van der Waals surface area (Å²) in [6.45, 7) is 5.21. The number of hydrogen-bond acceptors (Lipinski definition) is 2. The number of hydrogen-bond donors (Lipinski definition) is 1. The SMILES string of the molecule is Cc1ccc(CN2CCC[C@@H](c3[nH]ncc3-c3cccc(F)c3)C2)cc1. The van der Waals surface area contributed by atoms with Gasteiger partial charge in [-0.25, -0.2) is 4.39 Å². The van der Waals surface area contributed by atoms with Crippen LogP contribution in [0.1, 0.15) is 35.6 Å². The minimum Gasteiger partial charge on any atom is -0.298 e. The van der Waals surface area contributed by atoms with Gasteiger partial charge in [-0.3, -0.25) is 10.00 Å². The molecule has 3 nitrogen and oxygen atoms in total. The molecular weight excluding hydrogens is 325 g/mol. The molecule has 4 rings (SSSR count). The number of piperidine rings is 1. The molecule has 0 radical (unpaired) electrons. The lowest BCUT2D eigenvalue weighted by Crippen LogP contribution is -2.34. The van der Waals surface area contributed by atoms with Crippen molar-refractivity contribution in [1.82, 2.24) is 15.1 Å². The average molecular weight is 349 g/mol. The van der Waals surface area contributed by atoms with Crippen LogP contribution in [-0.4, -0.2) is 28.2 Å². The van der Waals surface area contributed by atoms with Crippen molar-refractivity contribution in [2.45, 2.75) is 32.2 Å². The number of aromatic nitrogens is 2. The number of nitrogens with zero attached hydrogens (tertiary/aromatic N) is 2. The Morgan fingerprint density at radius 1 is 1.19 bits per heavy atom. The van der Waals surface area contributed by atoms with Crippen LogP contribution in [0.15, 0.2) is 54.7 Å². The minimum atomic E-state index is -0.209. The van der Waals surface area contributed by atoms with Crippen molar-refractivity contribution in [3.05, 3.63) is 77.4 Å². The zero-order chi connectivity index (χ0) is 17.9. The molecule has 0 bridgehead atoms. The van der Waals surface area contributed by atoms with Crippen LogP contribution in [0.4, 0.5) is 4.39 Å². The topological polar surface area (TPSA) is 31.9 Å². The van der Waals surface area contributed by atoms with E-state index in [2.05, 4.69) is 46.3 Å². The van der Waals surface area contributed by atoms with Crippen LogP contribution in [0.3, 0.4) is 0 Å². The van der Waals surface area contributed by atoms with Gasteiger partial charge < -0.3 is 0 Å². The second-order valence-corrected chi connectivity index (χ2v) is 7.27. The summed E-state index contributed by atoms with van der Waals surface area (Å²) in [7, 11) is 0. The van der Waals surface area contributed by atoms with Crippen molar-refractivity contribution in [3.8, 4) is 11.1 Å². The smallest absolute Gasteiger partial charge is 0.123 e. The van der Waals surface area contributed by atoms with Crippen molar-refractivity contribution < 1.29 is 4.39 Å². The van der Waals surface area contributed by atoms with E-state index in [0.717, 1.165) is 49.3 Å². The molecule has 0 aliphatic carbocycles. The first-order valence-corrected chi connectivity index (χ1v) is 9.26. The molecule has 1 N–H and O–H groups in total. The molecule has 3 aromatic rings. The molecule has 1 fully saturated rings. The molecule has 134 valence electrons. The van der Waals surface area contributed by atoms with E-state index in [1.54, 1.807) is 12.1 Å². The van der Waals surface area contributed by atoms with Gasteiger partial charge in [0.15, 0.2) is 0 Å². The van der Waals surface area contributed by atoms with Gasteiger partial charge in [0.05, 0.1) is 6.20 Å². The second kappa shape index (κ2) is 7.42. The molecule has 0 spiro atoms. The van der Waals surface area contributed by atoms with Gasteiger partial charge in [0.25, 0.3) is 0 Å². The Bertz CT molecular complexity index is 869. The summed E-state index contributed by atoms with van der Waals surface area (Å²) in [4.78, 5) is 2.51. The highest BCUT2D eigenvalue weighted by Crippen LogP contribution is 2.33. The number of rotatable bonds is 4. The van der Waals surface area contributed by atoms with Gasteiger partial charge in [0.2, 0.25) is 0 Å². The lowest BCUT2D eigenvalue weighted by Gasteiger charge is -2.32. The summed E-state index contributed by atoms with van der Waals surface area (Å²) in [6, 6.07) is 15.5. The quantitative estimate of drug-likeness (QED) is 0.726. The largest absolute Gasteiger partial charge is 0.298 e. The number of aromatic amines is 1. The van der Waals surface area contributed by atoms with E-state index in [1.165, 1.54) is 17.2 Å². The fourth-order valence-corrected chi connectivity index (χ4v) is 3.88. The number of nitrogens with one attached hydrogen (secondary N) is 1.